The molecule has 3 heteroatoms. The normalized spacial score (nSPS) is 16.7. The van der Waals surface area contributed by atoms with E-state index in [2.05, 4.69) is 55.3 Å². The molecule has 3 nitrogen and oxygen atoms in total. The van der Waals surface area contributed by atoms with Crippen LogP contribution in [0.1, 0.15) is 45.2 Å². The van der Waals surface area contributed by atoms with Gasteiger partial charge in [-0.1, -0.05) is 19.1 Å². The van der Waals surface area contributed by atoms with Crippen LogP contribution in [0.2, 0.25) is 0 Å². The van der Waals surface area contributed by atoms with Crippen LogP contribution in [-0.4, -0.2) is 37.2 Å². The molecule has 1 unspecified atom stereocenters. The molecule has 1 saturated carbocycles. The van der Waals surface area contributed by atoms with Gasteiger partial charge >= 0.3 is 0 Å². The van der Waals surface area contributed by atoms with Crippen molar-refractivity contribution in [3.8, 4) is 5.75 Å². The fourth-order valence-electron chi connectivity index (χ4n) is 2.62. The van der Waals surface area contributed by atoms with Gasteiger partial charge < -0.3 is 10.1 Å². The van der Waals surface area contributed by atoms with E-state index in [1.807, 2.05) is 7.05 Å². The number of hydrogen-bond acceptors (Lipinski definition) is 3. The number of benzene rings is 1. The lowest BCUT2D eigenvalue weighted by atomic mass is 10.1. The fourth-order valence-corrected chi connectivity index (χ4v) is 2.62. The monoisotopic (exact) mass is 276 g/mol. The second-order valence-corrected chi connectivity index (χ2v) is 5.90. The zero-order valence-corrected chi connectivity index (χ0v) is 13.2. The highest BCUT2D eigenvalue weighted by atomic mass is 16.5. The van der Waals surface area contributed by atoms with E-state index in [1.54, 1.807) is 0 Å². The van der Waals surface area contributed by atoms with Gasteiger partial charge in [0.2, 0.25) is 0 Å². The standard InChI is InChI=1S/C17H28N2O/c1-5-19(15-8-9-15)12-17(18-4)14-6-10-16(11-7-14)20-13(2)3/h6-7,10-11,13,15,17-18H,5,8-9,12H2,1-4H3. The first-order chi connectivity index (χ1) is 9.63. The maximum Gasteiger partial charge on any atom is 0.119 e. The Morgan fingerprint density at radius 2 is 1.90 bits per heavy atom. The Balaban J connectivity index is 1.99. The minimum Gasteiger partial charge on any atom is -0.491 e. The summed E-state index contributed by atoms with van der Waals surface area (Å²) in [5, 5.41) is 3.44. The Labute approximate surface area is 123 Å². The smallest absolute Gasteiger partial charge is 0.119 e. The van der Waals surface area contributed by atoms with Crippen LogP contribution < -0.4 is 10.1 Å². The molecule has 0 heterocycles. The zero-order chi connectivity index (χ0) is 14.5. The highest BCUT2D eigenvalue weighted by molar-refractivity contribution is 5.29. The summed E-state index contributed by atoms with van der Waals surface area (Å²) in [6, 6.07) is 9.72. The zero-order valence-electron chi connectivity index (χ0n) is 13.2. The summed E-state index contributed by atoms with van der Waals surface area (Å²) in [5.74, 6) is 0.952. The number of nitrogens with one attached hydrogen (secondary N) is 1. The molecule has 0 saturated heterocycles. The van der Waals surface area contributed by atoms with Gasteiger partial charge in [0.05, 0.1) is 6.10 Å². The summed E-state index contributed by atoms with van der Waals surface area (Å²) in [6.07, 6.45) is 2.96. The van der Waals surface area contributed by atoms with E-state index < -0.39 is 0 Å². The molecular weight excluding hydrogens is 248 g/mol. The predicted molar refractivity (Wildman–Crippen MR) is 84.3 cm³/mol. The first-order valence-corrected chi connectivity index (χ1v) is 7.82. The number of nitrogens with zero attached hydrogens (tertiary/aromatic N) is 1. The van der Waals surface area contributed by atoms with Gasteiger partial charge in [0, 0.05) is 18.6 Å². The van der Waals surface area contributed by atoms with Crippen molar-refractivity contribution in [2.75, 3.05) is 20.1 Å². The molecule has 1 aliphatic rings. The number of rotatable bonds is 8. The van der Waals surface area contributed by atoms with Crippen molar-refractivity contribution in [1.29, 1.82) is 0 Å². The molecule has 1 fully saturated rings. The molecule has 1 N–H and O–H groups in total. The van der Waals surface area contributed by atoms with E-state index >= 15 is 0 Å². The van der Waals surface area contributed by atoms with Crippen LogP contribution in [0.15, 0.2) is 24.3 Å². The van der Waals surface area contributed by atoms with Gasteiger partial charge in [0.15, 0.2) is 0 Å². The first-order valence-electron chi connectivity index (χ1n) is 7.82. The molecule has 1 aromatic carbocycles. The Morgan fingerprint density at radius 1 is 1.25 bits per heavy atom. The Kier molecular flexibility index (Phi) is 5.44. The minimum absolute atomic E-state index is 0.228. The average molecular weight is 276 g/mol. The van der Waals surface area contributed by atoms with Crippen molar-refractivity contribution in [2.45, 2.75) is 51.8 Å². The van der Waals surface area contributed by atoms with Gasteiger partial charge in [-0.15, -0.1) is 0 Å². The van der Waals surface area contributed by atoms with Crippen LogP contribution in [0.3, 0.4) is 0 Å². The lowest BCUT2D eigenvalue weighted by Crippen LogP contribution is -2.35. The molecule has 112 valence electrons. The number of ether oxygens (including phenoxy) is 1. The van der Waals surface area contributed by atoms with Crippen molar-refractivity contribution in [1.82, 2.24) is 10.2 Å². The molecule has 0 spiro atoms. The first kappa shape index (κ1) is 15.3. The lowest BCUT2D eigenvalue weighted by molar-refractivity contribution is 0.241. The summed E-state index contributed by atoms with van der Waals surface area (Å²) in [6.45, 7) is 8.59. The average Bonchev–Trinajstić information content (AvgIpc) is 3.25. The Morgan fingerprint density at radius 3 is 2.35 bits per heavy atom. The second kappa shape index (κ2) is 7.09. The second-order valence-electron chi connectivity index (χ2n) is 5.90. The quantitative estimate of drug-likeness (QED) is 0.789. The molecule has 20 heavy (non-hydrogen) atoms. The molecule has 1 aliphatic carbocycles. The van der Waals surface area contributed by atoms with Gasteiger partial charge in [-0.25, -0.2) is 0 Å². The van der Waals surface area contributed by atoms with Crippen molar-refractivity contribution in [3.63, 3.8) is 0 Å². The summed E-state index contributed by atoms with van der Waals surface area (Å²) < 4.78 is 5.70. The fraction of sp³-hybridized carbons (Fsp3) is 0.647. The summed E-state index contributed by atoms with van der Waals surface area (Å²) in [5.41, 5.74) is 1.34. The van der Waals surface area contributed by atoms with Gasteiger partial charge in [0.1, 0.15) is 5.75 Å². The van der Waals surface area contributed by atoms with E-state index in [4.69, 9.17) is 4.74 Å². The van der Waals surface area contributed by atoms with Gasteiger partial charge in [-0.3, -0.25) is 4.90 Å². The van der Waals surface area contributed by atoms with Crippen LogP contribution in [0.5, 0.6) is 5.75 Å². The minimum atomic E-state index is 0.228. The van der Waals surface area contributed by atoms with E-state index in [9.17, 15) is 0 Å². The van der Waals surface area contributed by atoms with E-state index in [0.29, 0.717) is 6.04 Å². The molecule has 0 aromatic heterocycles. The summed E-state index contributed by atoms with van der Waals surface area (Å²) in [4.78, 5) is 2.58. The molecule has 1 aromatic rings. The summed E-state index contributed by atoms with van der Waals surface area (Å²) >= 11 is 0. The molecule has 0 bridgehead atoms. The van der Waals surface area contributed by atoms with Crippen LogP contribution in [-0.2, 0) is 0 Å². The SMILES string of the molecule is CCN(CC(NC)c1ccc(OC(C)C)cc1)C1CC1. The van der Waals surface area contributed by atoms with E-state index in [0.717, 1.165) is 24.9 Å². The van der Waals surface area contributed by atoms with Gasteiger partial charge in [-0.2, -0.15) is 0 Å². The van der Waals surface area contributed by atoms with Crippen LogP contribution in [0.4, 0.5) is 0 Å². The third-order valence-electron chi connectivity index (χ3n) is 3.89. The van der Waals surface area contributed by atoms with Crippen LogP contribution >= 0.6 is 0 Å². The molecule has 0 amide bonds. The highest BCUT2D eigenvalue weighted by Gasteiger charge is 2.29. The Bertz CT molecular complexity index is 398. The molecule has 2 rings (SSSR count). The highest BCUT2D eigenvalue weighted by Crippen LogP contribution is 2.28. The van der Waals surface area contributed by atoms with Crippen LogP contribution in [0, 0.1) is 0 Å². The number of hydrogen-bond donors (Lipinski definition) is 1. The lowest BCUT2D eigenvalue weighted by Gasteiger charge is -2.26. The maximum atomic E-state index is 5.70. The molecule has 1 atom stereocenters. The van der Waals surface area contributed by atoms with Gasteiger partial charge in [-0.05, 0) is 58.0 Å². The van der Waals surface area contributed by atoms with Crippen molar-refractivity contribution in [3.05, 3.63) is 29.8 Å². The topological polar surface area (TPSA) is 24.5 Å². The number of likely N-dealkylation sites (N-methyl/N-ethyl adjacent to an activating group) is 2. The third kappa shape index (κ3) is 4.22. The van der Waals surface area contributed by atoms with Crippen LogP contribution in [0.25, 0.3) is 0 Å². The molecule has 0 aliphatic heterocycles. The third-order valence-corrected chi connectivity index (χ3v) is 3.89. The van der Waals surface area contributed by atoms with Gasteiger partial charge in [0.25, 0.3) is 0 Å². The largest absolute Gasteiger partial charge is 0.491 e. The maximum absolute atomic E-state index is 5.70. The van der Waals surface area contributed by atoms with Crippen molar-refractivity contribution < 1.29 is 4.74 Å². The van der Waals surface area contributed by atoms with Crippen molar-refractivity contribution >= 4 is 0 Å². The van der Waals surface area contributed by atoms with E-state index in [-0.39, 0.29) is 6.10 Å². The van der Waals surface area contributed by atoms with Crippen molar-refractivity contribution in [2.24, 2.45) is 0 Å². The summed E-state index contributed by atoms with van der Waals surface area (Å²) in [7, 11) is 2.05. The molecule has 0 radical (unpaired) electrons. The Hall–Kier alpha value is -1.06. The molecular formula is C17H28N2O. The van der Waals surface area contributed by atoms with E-state index in [1.165, 1.54) is 18.4 Å². The predicted octanol–water partition coefficient (Wildman–Crippen LogP) is 3.22.